The molecule has 0 aromatic carbocycles. The lowest BCUT2D eigenvalue weighted by atomic mass is 10.1. The fourth-order valence-electron chi connectivity index (χ4n) is 3.56. The van der Waals surface area contributed by atoms with Gasteiger partial charge in [-0.05, 0) is 51.7 Å². The summed E-state index contributed by atoms with van der Waals surface area (Å²) < 4.78 is 13.6. The van der Waals surface area contributed by atoms with E-state index >= 15 is 0 Å². The number of nitrogens with zero attached hydrogens (tertiary/aromatic N) is 7. The molecule has 0 spiro atoms. The molecule has 4 rings (SSSR count). The van der Waals surface area contributed by atoms with Crippen molar-refractivity contribution in [2.75, 3.05) is 42.7 Å². The third-order valence-corrected chi connectivity index (χ3v) is 5.79. The van der Waals surface area contributed by atoms with Crippen molar-refractivity contribution in [3.05, 3.63) is 48.4 Å². The average Bonchev–Trinajstić information content (AvgIpc) is 3.30. The first kappa shape index (κ1) is 24.0. The molecule has 0 saturated carbocycles. The lowest BCUT2D eigenvalue weighted by Gasteiger charge is -2.18. The maximum Gasteiger partial charge on any atom is 0.242 e. The van der Waals surface area contributed by atoms with Crippen LogP contribution in [0.3, 0.4) is 0 Å². The topological polar surface area (TPSA) is 123 Å². The Morgan fingerprint density at radius 1 is 1.26 bits per heavy atom. The molecule has 1 saturated heterocycles. The second-order valence-corrected chi connectivity index (χ2v) is 8.49. The number of carbonyl (C=O) groups is 1. The smallest absolute Gasteiger partial charge is 0.242 e. The van der Waals surface area contributed by atoms with Crippen LogP contribution in [0.4, 0.5) is 27.7 Å². The summed E-state index contributed by atoms with van der Waals surface area (Å²) in [7, 11) is 3.66. The number of hydrogen-bond donors (Lipinski definition) is 2. The number of amides is 1. The number of halogens is 1. The van der Waals surface area contributed by atoms with E-state index in [0.717, 1.165) is 0 Å². The van der Waals surface area contributed by atoms with Gasteiger partial charge >= 0.3 is 0 Å². The van der Waals surface area contributed by atoms with Gasteiger partial charge in [0.1, 0.15) is 23.9 Å². The van der Waals surface area contributed by atoms with Gasteiger partial charge in [0.2, 0.25) is 11.9 Å². The number of nitrogens with one attached hydrogen (secondary N) is 2. The first-order valence-corrected chi connectivity index (χ1v) is 11.2. The highest BCUT2D eigenvalue weighted by Gasteiger charge is 2.25. The molecule has 1 fully saturated rings. The van der Waals surface area contributed by atoms with Crippen LogP contribution < -0.4 is 15.5 Å². The minimum atomic E-state index is -0.903. The first-order valence-electron chi connectivity index (χ1n) is 11.2. The van der Waals surface area contributed by atoms with E-state index in [0.29, 0.717) is 53.1 Å². The van der Waals surface area contributed by atoms with Crippen LogP contribution in [0, 0.1) is 11.3 Å². The normalized spacial score (nSPS) is 16.1. The van der Waals surface area contributed by atoms with E-state index in [1.54, 1.807) is 47.8 Å². The van der Waals surface area contributed by atoms with Crippen LogP contribution in [-0.4, -0.2) is 70.1 Å². The molecule has 4 heterocycles. The van der Waals surface area contributed by atoms with Crippen molar-refractivity contribution in [3.63, 3.8) is 0 Å². The van der Waals surface area contributed by atoms with Crippen molar-refractivity contribution in [1.29, 1.82) is 5.26 Å². The second-order valence-electron chi connectivity index (χ2n) is 8.49. The van der Waals surface area contributed by atoms with Gasteiger partial charge in [0, 0.05) is 24.5 Å². The van der Waals surface area contributed by atoms with Crippen LogP contribution >= 0.6 is 0 Å². The summed E-state index contributed by atoms with van der Waals surface area (Å²) in [6.45, 7) is 2.59. The average molecular weight is 476 g/mol. The van der Waals surface area contributed by atoms with Crippen molar-refractivity contribution in [3.8, 4) is 17.3 Å². The summed E-state index contributed by atoms with van der Waals surface area (Å²) in [6, 6.07) is 8.75. The number of nitriles is 1. The lowest BCUT2D eigenvalue weighted by molar-refractivity contribution is -0.119. The van der Waals surface area contributed by atoms with E-state index < -0.39 is 6.17 Å². The monoisotopic (exact) mass is 475 g/mol. The maximum absolute atomic E-state index is 13.6. The third-order valence-electron chi connectivity index (χ3n) is 5.79. The summed E-state index contributed by atoms with van der Waals surface area (Å²) in [5.41, 5.74) is 2.24. The second kappa shape index (κ2) is 10.4. The lowest BCUT2D eigenvalue weighted by Crippen LogP contribution is -2.37. The van der Waals surface area contributed by atoms with Crippen molar-refractivity contribution < 1.29 is 9.18 Å². The zero-order valence-corrected chi connectivity index (χ0v) is 19.7. The molecule has 1 amide bonds. The number of hydrogen-bond acceptors (Lipinski definition) is 9. The van der Waals surface area contributed by atoms with Crippen LogP contribution in [0.5, 0.6) is 0 Å². The van der Waals surface area contributed by atoms with Gasteiger partial charge in [-0.3, -0.25) is 9.69 Å². The highest BCUT2D eigenvalue weighted by atomic mass is 19.1. The Kier molecular flexibility index (Phi) is 7.12. The summed E-state index contributed by atoms with van der Waals surface area (Å²) in [5, 5.41) is 15.5. The molecule has 2 unspecified atom stereocenters. The van der Waals surface area contributed by atoms with Gasteiger partial charge in [-0.1, -0.05) is 0 Å². The molecule has 3 aromatic heterocycles. The number of aromatic nitrogens is 4. The Bertz CT molecular complexity index is 1240. The van der Waals surface area contributed by atoms with E-state index in [-0.39, 0.29) is 18.5 Å². The van der Waals surface area contributed by atoms with Gasteiger partial charge in [0.25, 0.3) is 0 Å². The Morgan fingerprint density at radius 3 is 2.74 bits per heavy atom. The van der Waals surface area contributed by atoms with Crippen molar-refractivity contribution >= 4 is 29.2 Å². The molecular weight excluding hydrogens is 449 g/mol. The first-order chi connectivity index (χ1) is 16.8. The Balaban J connectivity index is 1.47. The van der Waals surface area contributed by atoms with Gasteiger partial charge in [0.05, 0.1) is 35.7 Å². The number of likely N-dealkylation sites (N-methyl/N-ethyl adjacent to an activating group) is 1. The van der Waals surface area contributed by atoms with E-state index in [1.165, 1.54) is 0 Å². The van der Waals surface area contributed by atoms with Crippen LogP contribution in [0.25, 0.3) is 11.3 Å². The van der Waals surface area contributed by atoms with E-state index in [1.807, 2.05) is 25.9 Å². The van der Waals surface area contributed by atoms with Crippen molar-refractivity contribution in [1.82, 2.24) is 24.8 Å². The molecular formula is C24H26FN9O. The number of pyridine rings is 2. The predicted octanol–water partition coefficient (Wildman–Crippen LogP) is 2.99. The highest BCUT2D eigenvalue weighted by molar-refractivity contribution is 5.93. The number of rotatable bonds is 7. The van der Waals surface area contributed by atoms with Crippen LogP contribution in [0.15, 0.2) is 42.9 Å². The standard InChI is InChI=1S/C24H26FN9O/c1-15(33(2)3)23(35)32-21-5-4-19(13-28-21)30-24-27-8-6-20(31-24)17-10-16(11-26)22(29-12-17)34-9-7-18(25)14-34/h4-6,8,10,12-13,15,18H,7,9,14H2,1-3H3,(H,27,30,31)(H,28,32,35). The summed E-state index contributed by atoms with van der Waals surface area (Å²) in [5.74, 6) is 1.12. The zero-order valence-electron chi connectivity index (χ0n) is 19.7. The number of carbonyl (C=O) groups excluding carboxylic acids is 1. The Hall–Kier alpha value is -4.17. The summed E-state index contributed by atoms with van der Waals surface area (Å²) >= 11 is 0. The Morgan fingerprint density at radius 2 is 2.09 bits per heavy atom. The summed E-state index contributed by atoms with van der Waals surface area (Å²) in [6.07, 6.45) is 4.34. The SMILES string of the molecule is CC(C(=O)Nc1ccc(Nc2nccc(-c3cnc(N4CCC(F)C4)c(C#N)c3)n2)cn1)N(C)C. The maximum atomic E-state index is 13.6. The molecule has 35 heavy (non-hydrogen) atoms. The minimum absolute atomic E-state index is 0.148. The fourth-order valence-corrected chi connectivity index (χ4v) is 3.56. The third kappa shape index (κ3) is 5.67. The van der Waals surface area contributed by atoms with Gasteiger partial charge in [-0.15, -0.1) is 0 Å². The molecule has 0 bridgehead atoms. The van der Waals surface area contributed by atoms with E-state index in [9.17, 15) is 14.4 Å². The van der Waals surface area contributed by atoms with Crippen LogP contribution in [-0.2, 0) is 4.79 Å². The van der Waals surface area contributed by atoms with Gasteiger partial charge < -0.3 is 15.5 Å². The molecule has 1 aliphatic heterocycles. The summed E-state index contributed by atoms with van der Waals surface area (Å²) in [4.78, 5) is 33.2. The highest BCUT2D eigenvalue weighted by Crippen LogP contribution is 2.27. The van der Waals surface area contributed by atoms with E-state index in [4.69, 9.17) is 0 Å². The van der Waals surface area contributed by atoms with Crippen molar-refractivity contribution in [2.45, 2.75) is 25.6 Å². The van der Waals surface area contributed by atoms with Gasteiger partial charge in [-0.25, -0.2) is 24.3 Å². The van der Waals surface area contributed by atoms with Crippen LogP contribution in [0.2, 0.25) is 0 Å². The predicted molar refractivity (Wildman–Crippen MR) is 131 cm³/mol. The molecule has 11 heteroatoms. The van der Waals surface area contributed by atoms with E-state index in [2.05, 4.69) is 36.6 Å². The number of alkyl halides is 1. The number of anilines is 4. The minimum Gasteiger partial charge on any atom is -0.352 e. The largest absolute Gasteiger partial charge is 0.352 e. The zero-order chi connectivity index (χ0) is 24.9. The van der Waals surface area contributed by atoms with Crippen molar-refractivity contribution in [2.24, 2.45) is 0 Å². The van der Waals surface area contributed by atoms with Crippen LogP contribution in [0.1, 0.15) is 18.9 Å². The molecule has 3 aromatic rings. The van der Waals surface area contributed by atoms with Gasteiger partial charge in [0.15, 0.2) is 0 Å². The molecule has 2 atom stereocenters. The fraction of sp³-hybridized carbons (Fsp3) is 0.333. The quantitative estimate of drug-likeness (QED) is 0.531. The molecule has 2 N–H and O–H groups in total. The molecule has 180 valence electrons. The molecule has 0 aliphatic carbocycles. The molecule has 0 radical (unpaired) electrons. The molecule has 1 aliphatic rings. The Labute approximate surface area is 202 Å². The molecule has 10 nitrogen and oxygen atoms in total. The van der Waals surface area contributed by atoms with Gasteiger partial charge in [-0.2, -0.15) is 5.26 Å².